The summed E-state index contributed by atoms with van der Waals surface area (Å²) in [6.45, 7) is 24.3. The highest BCUT2D eigenvalue weighted by Gasteiger charge is 2.39. The molecule has 3 aliphatic rings. The number of hydrogen-bond donors (Lipinski definition) is 11. The van der Waals surface area contributed by atoms with Gasteiger partial charge in [0, 0.05) is 125 Å². The summed E-state index contributed by atoms with van der Waals surface area (Å²) in [4.78, 5) is 130. The van der Waals surface area contributed by atoms with Gasteiger partial charge in [0.1, 0.15) is 28.7 Å². The van der Waals surface area contributed by atoms with Crippen LogP contribution < -0.4 is 31.9 Å². The van der Waals surface area contributed by atoms with Gasteiger partial charge in [0.15, 0.2) is 17.1 Å². The number of aliphatic hydroxyl groups excluding tert-OH is 2. The normalized spacial score (nSPS) is 14.8. The molecule has 124 heavy (non-hydrogen) atoms. The minimum Gasteiger partial charge on any atom is -0.389 e. The minimum absolute atomic E-state index is 0.0654. The Hall–Kier alpha value is -15.0. The number of aryl methyl sites for hydroxylation is 1. The van der Waals surface area contributed by atoms with Gasteiger partial charge in [-0.1, -0.05) is 101 Å². The molecule has 9 heterocycles. The maximum atomic E-state index is 14.2. The summed E-state index contributed by atoms with van der Waals surface area (Å²) < 4.78 is 33.5. The third kappa shape index (κ3) is 20.4. The maximum Gasteiger partial charge on any atom is 0.276 e. The van der Waals surface area contributed by atoms with E-state index in [2.05, 4.69) is 66.6 Å². The number of hydrogen-bond acceptors (Lipinski definition) is 14. The van der Waals surface area contributed by atoms with E-state index >= 15 is 0 Å². The van der Waals surface area contributed by atoms with E-state index < -0.39 is 41.6 Å². The second-order valence-electron chi connectivity index (χ2n) is 30.7. The average molecular weight is 1680 g/mol. The number of aliphatic hydroxyl groups is 2. The van der Waals surface area contributed by atoms with E-state index in [0.717, 1.165) is 45.9 Å². The molecule has 3 aliphatic heterocycles. The highest BCUT2D eigenvalue weighted by atomic mass is 19.1. The molecule has 6 aromatic heterocycles. The van der Waals surface area contributed by atoms with Crippen LogP contribution >= 0.6 is 0 Å². The van der Waals surface area contributed by atoms with Gasteiger partial charge in [-0.3, -0.25) is 57.2 Å². The van der Waals surface area contributed by atoms with Crippen molar-refractivity contribution in [3.05, 3.63) is 345 Å². The van der Waals surface area contributed by atoms with Crippen molar-refractivity contribution in [3.8, 4) is 0 Å². The molecule has 31 heteroatoms. The predicted molar refractivity (Wildman–Crippen MR) is 464 cm³/mol. The van der Waals surface area contributed by atoms with Gasteiger partial charge in [0.2, 0.25) is 17.7 Å². The molecule has 0 saturated heterocycles. The SMILES string of the molecule is C=CC(=O)NCc1cc(F)ccc1Cn1nc(C(=O)Nc2cccc([C@H](C)O)c2)c2c1C(C)CN(C(=O)c1ccc[nH]1)C2.C=CC(=O)Nc1cc(F)ccc1Cn1nc(C(=O)Nc2cccc([C@H](C)O)c2)c2c1C(C)CN(C(=O)c1ccc[nH]1)C2.C=CC(=O)Nc1cccc(Cn2nc(C(=O)Nc3cccc(C)c3)c3c2C(C)CN(C(=O)c2ccc[nH]2)C3)c1. The van der Waals surface area contributed by atoms with Gasteiger partial charge < -0.3 is 71.8 Å². The molecule has 0 spiro atoms. The van der Waals surface area contributed by atoms with Crippen LogP contribution in [0.15, 0.2) is 226 Å². The first-order chi connectivity index (χ1) is 59.6. The quantitative estimate of drug-likeness (QED) is 0.0251. The van der Waals surface area contributed by atoms with Gasteiger partial charge in [0.25, 0.3) is 35.4 Å². The van der Waals surface area contributed by atoms with Gasteiger partial charge in [-0.25, -0.2) is 8.78 Å². The molecule has 0 saturated carbocycles. The van der Waals surface area contributed by atoms with Crippen LogP contribution in [0.3, 0.4) is 0 Å². The Morgan fingerprint density at radius 1 is 0.444 bits per heavy atom. The van der Waals surface area contributed by atoms with Crippen molar-refractivity contribution in [2.24, 2.45) is 0 Å². The number of benzene rings is 6. The van der Waals surface area contributed by atoms with Crippen LogP contribution in [0.2, 0.25) is 0 Å². The molecule has 5 atom stereocenters. The smallest absolute Gasteiger partial charge is 0.276 e. The average Bonchev–Trinajstić information content (AvgIpc) is 1.61. The molecule has 6 aromatic carbocycles. The fourth-order valence-electron chi connectivity index (χ4n) is 15.6. The number of rotatable bonds is 24. The number of carbonyl (C=O) groups is 9. The first kappa shape index (κ1) is 86.9. The minimum atomic E-state index is -0.714. The monoisotopic (exact) mass is 1680 g/mol. The Balaban J connectivity index is 0.000000160. The number of carbonyl (C=O) groups excluding carboxylic acids is 9. The number of aromatic amines is 3. The molecule has 636 valence electrons. The van der Waals surface area contributed by atoms with E-state index in [1.807, 2.05) is 74.8 Å². The van der Waals surface area contributed by atoms with Gasteiger partial charge in [-0.2, -0.15) is 15.3 Å². The largest absolute Gasteiger partial charge is 0.389 e. The number of aromatic nitrogens is 9. The van der Waals surface area contributed by atoms with Crippen LogP contribution in [-0.2, 0) is 60.2 Å². The molecule has 11 N–H and O–H groups in total. The Morgan fingerprint density at radius 3 is 1.25 bits per heavy atom. The van der Waals surface area contributed by atoms with Crippen LogP contribution in [-0.4, -0.2) is 142 Å². The van der Waals surface area contributed by atoms with Crippen molar-refractivity contribution in [2.75, 3.05) is 46.2 Å². The van der Waals surface area contributed by atoms with Crippen molar-refractivity contribution in [1.29, 1.82) is 0 Å². The molecule has 3 unspecified atom stereocenters. The second kappa shape index (κ2) is 38.6. The molecular weight excluding hydrogens is 1580 g/mol. The summed E-state index contributed by atoms with van der Waals surface area (Å²) in [5.41, 5.74) is 14.0. The standard InChI is InChI=1S/C32H33FN6O4.C31H31FN6O4.C30H30N6O3/c1-4-28(41)35-15-23-13-24(33)11-10-22(23)17-39-30-19(2)16-38(32(43)27-9-6-12-34-27)18-26(30)29(37-39)31(42)36-25-8-5-7-21(14-25)20(3)40;1-4-27(40)35-26-14-22(32)11-10-21(26)16-38-29-18(2)15-37(31(42)25-9-6-12-33-25)17-24(29)28(36-38)30(41)34-23-8-5-7-20(13-23)19(3)39;1-4-26(37)32-23-11-6-9-21(15-23)17-36-28-20(3)16-35(30(39)25-12-7-13-31-25)18-24(28)27(34-36)29(38)33-22-10-5-8-19(2)14-22/h4-14,19-20,34,40H,1,15-18H2,2-3H3,(H,35,41)(H,36,42);4-14,18-19,33,39H,1,15-17H2,2-3H3,(H,34,41)(H,35,40);4-15,20,31H,1,16-18H2,2-3H3,(H,32,37)(H,33,38)/t19?,20-;18?,19-;/m00./s1. The van der Waals surface area contributed by atoms with Gasteiger partial charge >= 0.3 is 0 Å². The zero-order valence-electron chi connectivity index (χ0n) is 69.1. The predicted octanol–water partition coefficient (Wildman–Crippen LogP) is 13.6. The van der Waals surface area contributed by atoms with Gasteiger partial charge in [-0.15, -0.1) is 0 Å². The van der Waals surface area contributed by atoms with Crippen LogP contribution in [0.5, 0.6) is 0 Å². The van der Waals surface area contributed by atoms with Crippen LogP contribution in [0.25, 0.3) is 0 Å². The molecule has 0 aliphatic carbocycles. The lowest BCUT2D eigenvalue weighted by molar-refractivity contribution is -0.116. The van der Waals surface area contributed by atoms with E-state index in [-0.39, 0.29) is 110 Å². The van der Waals surface area contributed by atoms with Crippen molar-refractivity contribution >= 4 is 81.6 Å². The lowest BCUT2D eigenvalue weighted by Gasteiger charge is -2.32. The summed E-state index contributed by atoms with van der Waals surface area (Å²) in [5.74, 6) is -4.36. The fraction of sp³-hybridized carbons (Fsp3) is 0.226. The van der Waals surface area contributed by atoms with Crippen molar-refractivity contribution in [2.45, 2.75) is 117 Å². The summed E-state index contributed by atoms with van der Waals surface area (Å²) >= 11 is 0. The van der Waals surface area contributed by atoms with Crippen molar-refractivity contribution in [3.63, 3.8) is 0 Å². The number of amides is 9. The number of nitrogens with zero attached hydrogens (tertiary/aromatic N) is 9. The molecule has 0 radical (unpaired) electrons. The van der Waals surface area contributed by atoms with Gasteiger partial charge in [0.05, 0.1) is 51.5 Å². The number of halogens is 2. The molecule has 9 amide bonds. The summed E-state index contributed by atoms with van der Waals surface area (Å²) in [6.07, 6.45) is 7.11. The Labute approximate surface area is 713 Å². The summed E-state index contributed by atoms with van der Waals surface area (Å²) in [5, 5.41) is 51.0. The zero-order valence-corrected chi connectivity index (χ0v) is 69.1. The van der Waals surface area contributed by atoms with Crippen LogP contribution in [0.4, 0.5) is 37.2 Å². The van der Waals surface area contributed by atoms with E-state index in [1.54, 1.807) is 160 Å². The summed E-state index contributed by atoms with van der Waals surface area (Å²) in [6, 6.07) is 47.7. The highest BCUT2D eigenvalue weighted by molar-refractivity contribution is 6.07. The number of fused-ring (bicyclic) bond motifs is 3. The van der Waals surface area contributed by atoms with Crippen LogP contribution in [0, 0.1) is 18.6 Å². The lowest BCUT2D eigenvalue weighted by atomic mass is 9.95. The topological polar surface area (TPSA) is 377 Å². The van der Waals surface area contributed by atoms with E-state index in [0.29, 0.717) is 111 Å². The molecule has 15 rings (SSSR count). The summed E-state index contributed by atoms with van der Waals surface area (Å²) in [7, 11) is 0. The number of nitrogens with one attached hydrogen (secondary N) is 9. The molecule has 29 nitrogen and oxygen atoms in total. The molecule has 0 fully saturated rings. The second-order valence-corrected chi connectivity index (χ2v) is 30.7. The first-order valence-electron chi connectivity index (χ1n) is 40.2. The number of anilines is 5. The number of H-pyrrole nitrogens is 3. The maximum absolute atomic E-state index is 14.2. The fourth-order valence-corrected chi connectivity index (χ4v) is 15.6. The third-order valence-electron chi connectivity index (χ3n) is 21.4. The lowest BCUT2D eigenvalue weighted by Crippen LogP contribution is -2.38. The Bertz CT molecular complexity index is 6040. The van der Waals surface area contributed by atoms with Crippen LogP contribution in [0.1, 0.15) is 200 Å². The molecule has 12 aromatic rings. The Morgan fingerprint density at radius 2 is 0.831 bits per heavy atom. The highest BCUT2D eigenvalue weighted by Crippen LogP contribution is 2.38. The van der Waals surface area contributed by atoms with E-state index in [9.17, 15) is 62.1 Å². The Kier molecular flexibility index (Phi) is 27.0. The van der Waals surface area contributed by atoms with E-state index in [4.69, 9.17) is 15.3 Å². The first-order valence-corrected chi connectivity index (χ1v) is 40.2. The van der Waals surface area contributed by atoms with Gasteiger partial charge in [-0.05, 0) is 187 Å². The van der Waals surface area contributed by atoms with Crippen molar-refractivity contribution < 1.29 is 62.1 Å². The van der Waals surface area contributed by atoms with E-state index in [1.165, 1.54) is 30.3 Å². The molecular formula is C93H94F2N18O11. The molecule has 0 bridgehead atoms. The third-order valence-corrected chi connectivity index (χ3v) is 21.4. The van der Waals surface area contributed by atoms with Crippen molar-refractivity contribution in [1.82, 2.24) is 64.3 Å². The zero-order chi connectivity index (χ0) is 88.2.